The Labute approximate surface area is 127 Å². The number of nitrogens with one attached hydrogen (secondary N) is 1. The van der Waals surface area contributed by atoms with Crippen molar-refractivity contribution in [3.8, 4) is 6.07 Å². The van der Waals surface area contributed by atoms with Gasteiger partial charge in [-0.15, -0.1) is 11.3 Å². The van der Waals surface area contributed by atoms with E-state index >= 15 is 0 Å². The summed E-state index contributed by atoms with van der Waals surface area (Å²) in [5, 5.41) is 13.7. The fourth-order valence-corrected chi connectivity index (χ4v) is 2.78. The maximum absolute atomic E-state index is 12.0. The fraction of sp³-hybridized carbons (Fsp3) is 0.400. The first kappa shape index (κ1) is 15.3. The molecule has 5 nitrogen and oxygen atoms in total. The highest BCUT2D eigenvalue weighted by Gasteiger charge is 2.25. The molecule has 0 aliphatic heterocycles. The number of hydrogen-bond donors (Lipinski definition) is 1. The molecule has 2 atom stereocenters. The van der Waals surface area contributed by atoms with E-state index in [1.165, 1.54) is 18.3 Å². The molecule has 1 aliphatic rings. The number of nitrogens with zero attached hydrogens (tertiary/aromatic N) is 1. The Hall–Kier alpha value is -2.13. The summed E-state index contributed by atoms with van der Waals surface area (Å²) in [5.41, 5.74) is 0.407. The third-order valence-corrected chi connectivity index (χ3v) is 4.12. The zero-order valence-electron chi connectivity index (χ0n) is 11.7. The van der Waals surface area contributed by atoms with Crippen LogP contribution in [0.3, 0.4) is 0 Å². The Morgan fingerprint density at radius 3 is 3.00 bits per heavy atom. The number of carbonyl (C=O) groups excluding carboxylic acids is 2. The molecule has 21 heavy (non-hydrogen) atoms. The first-order valence-corrected chi connectivity index (χ1v) is 7.63. The summed E-state index contributed by atoms with van der Waals surface area (Å²) in [6.07, 6.45) is 5.41. The maximum Gasteiger partial charge on any atom is 0.310 e. The molecule has 1 N–H and O–H groups in total. The van der Waals surface area contributed by atoms with Crippen molar-refractivity contribution in [2.75, 3.05) is 5.32 Å². The van der Waals surface area contributed by atoms with Crippen molar-refractivity contribution in [3.63, 3.8) is 0 Å². The normalized spacial score (nSPS) is 18.6. The molecule has 1 aromatic heterocycles. The van der Waals surface area contributed by atoms with Crippen LogP contribution in [-0.4, -0.2) is 18.0 Å². The smallest absolute Gasteiger partial charge is 0.310 e. The summed E-state index contributed by atoms with van der Waals surface area (Å²) in [6.45, 7) is 1.53. The van der Waals surface area contributed by atoms with E-state index in [0.29, 0.717) is 17.0 Å². The minimum absolute atomic E-state index is 0.165. The minimum Gasteiger partial charge on any atom is -0.452 e. The second kappa shape index (κ2) is 7.04. The van der Waals surface area contributed by atoms with Crippen molar-refractivity contribution < 1.29 is 14.3 Å². The SMILES string of the molecule is C[C@@H](OC(=O)[C@@H]1CC=CCC1)C(=O)Nc1sccc1C#N. The molecule has 1 aliphatic carbocycles. The molecule has 0 fully saturated rings. The molecule has 2 rings (SSSR count). The summed E-state index contributed by atoms with van der Waals surface area (Å²) in [5.74, 6) is -0.927. The second-order valence-electron chi connectivity index (χ2n) is 4.82. The fourth-order valence-electron chi connectivity index (χ4n) is 2.04. The summed E-state index contributed by atoms with van der Waals surface area (Å²) >= 11 is 1.26. The van der Waals surface area contributed by atoms with Gasteiger partial charge in [-0.3, -0.25) is 9.59 Å². The number of rotatable bonds is 4. The predicted octanol–water partition coefficient (Wildman–Crippen LogP) is 2.85. The van der Waals surface area contributed by atoms with E-state index in [9.17, 15) is 9.59 Å². The third-order valence-electron chi connectivity index (χ3n) is 3.29. The van der Waals surface area contributed by atoms with Gasteiger partial charge < -0.3 is 10.1 Å². The third kappa shape index (κ3) is 3.92. The van der Waals surface area contributed by atoms with Crippen LogP contribution in [0.2, 0.25) is 0 Å². The predicted molar refractivity (Wildman–Crippen MR) is 79.7 cm³/mol. The van der Waals surface area contributed by atoms with Gasteiger partial charge in [0, 0.05) is 0 Å². The molecule has 1 amide bonds. The molecule has 0 unspecified atom stereocenters. The Bertz CT molecular complexity index is 600. The van der Waals surface area contributed by atoms with Gasteiger partial charge in [0.2, 0.25) is 0 Å². The summed E-state index contributed by atoms with van der Waals surface area (Å²) in [6, 6.07) is 3.62. The number of amides is 1. The van der Waals surface area contributed by atoms with Gasteiger partial charge in [0.1, 0.15) is 11.1 Å². The number of allylic oxidation sites excluding steroid dienone is 2. The Morgan fingerprint density at radius 2 is 2.33 bits per heavy atom. The average molecular weight is 304 g/mol. The van der Waals surface area contributed by atoms with Crippen LogP contribution in [0.15, 0.2) is 23.6 Å². The highest BCUT2D eigenvalue weighted by Crippen LogP contribution is 2.23. The summed E-state index contributed by atoms with van der Waals surface area (Å²) in [7, 11) is 0. The minimum atomic E-state index is -0.878. The lowest BCUT2D eigenvalue weighted by Crippen LogP contribution is -2.32. The van der Waals surface area contributed by atoms with Crippen molar-refractivity contribution in [1.29, 1.82) is 5.26 Å². The van der Waals surface area contributed by atoms with Crippen LogP contribution in [0.5, 0.6) is 0 Å². The van der Waals surface area contributed by atoms with Gasteiger partial charge in [-0.2, -0.15) is 5.26 Å². The zero-order valence-corrected chi connectivity index (χ0v) is 12.5. The number of nitriles is 1. The van der Waals surface area contributed by atoms with E-state index in [4.69, 9.17) is 10.00 Å². The molecule has 1 heterocycles. The molecular weight excluding hydrogens is 288 g/mol. The van der Waals surface area contributed by atoms with Crippen LogP contribution in [-0.2, 0) is 14.3 Å². The molecule has 0 spiro atoms. The topological polar surface area (TPSA) is 79.2 Å². The summed E-state index contributed by atoms with van der Waals surface area (Å²) < 4.78 is 5.21. The monoisotopic (exact) mass is 304 g/mol. The van der Waals surface area contributed by atoms with E-state index in [0.717, 1.165) is 12.8 Å². The van der Waals surface area contributed by atoms with Crippen molar-refractivity contribution in [2.45, 2.75) is 32.3 Å². The van der Waals surface area contributed by atoms with Gasteiger partial charge in [-0.05, 0) is 37.6 Å². The highest BCUT2D eigenvalue weighted by molar-refractivity contribution is 7.14. The van der Waals surface area contributed by atoms with Gasteiger partial charge in [0.25, 0.3) is 5.91 Å². The van der Waals surface area contributed by atoms with E-state index < -0.39 is 12.0 Å². The van der Waals surface area contributed by atoms with Gasteiger partial charge in [0.05, 0.1) is 11.5 Å². The molecule has 0 saturated carbocycles. The maximum atomic E-state index is 12.0. The zero-order chi connectivity index (χ0) is 15.2. The number of ether oxygens (including phenoxy) is 1. The molecule has 6 heteroatoms. The van der Waals surface area contributed by atoms with Crippen LogP contribution in [0.1, 0.15) is 31.7 Å². The van der Waals surface area contributed by atoms with Crippen LogP contribution in [0, 0.1) is 17.2 Å². The van der Waals surface area contributed by atoms with E-state index in [1.54, 1.807) is 11.4 Å². The number of carbonyl (C=O) groups is 2. The molecule has 110 valence electrons. The molecule has 1 aromatic rings. The molecule has 0 saturated heterocycles. The lowest BCUT2D eigenvalue weighted by Gasteiger charge is -2.19. The van der Waals surface area contributed by atoms with Crippen LogP contribution < -0.4 is 5.32 Å². The van der Waals surface area contributed by atoms with E-state index in [-0.39, 0.29) is 11.9 Å². The van der Waals surface area contributed by atoms with Gasteiger partial charge in [-0.25, -0.2) is 0 Å². The van der Waals surface area contributed by atoms with Crippen LogP contribution in [0.25, 0.3) is 0 Å². The Balaban J connectivity index is 1.89. The first-order chi connectivity index (χ1) is 10.1. The van der Waals surface area contributed by atoms with E-state index in [2.05, 4.69) is 5.32 Å². The highest BCUT2D eigenvalue weighted by atomic mass is 32.1. The number of esters is 1. The molecule has 0 radical (unpaired) electrons. The number of anilines is 1. The lowest BCUT2D eigenvalue weighted by molar-refractivity contribution is -0.157. The number of thiophene rings is 1. The quantitative estimate of drug-likeness (QED) is 0.685. The summed E-state index contributed by atoms with van der Waals surface area (Å²) in [4.78, 5) is 23.9. The average Bonchev–Trinajstić information content (AvgIpc) is 2.95. The molecular formula is C15H16N2O3S. The van der Waals surface area contributed by atoms with Crippen LogP contribution in [0.4, 0.5) is 5.00 Å². The standard InChI is InChI=1S/C15H16N2O3S/c1-10(20-15(19)11-5-3-2-4-6-11)13(18)17-14-12(9-16)7-8-21-14/h2-3,7-8,10-11H,4-6H2,1H3,(H,17,18)/t10-,11-/m1/s1. The van der Waals surface area contributed by atoms with Gasteiger partial charge in [0.15, 0.2) is 6.10 Å². The largest absolute Gasteiger partial charge is 0.452 e. The molecule has 0 bridgehead atoms. The first-order valence-electron chi connectivity index (χ1n) is 6.75. The number of hydrogen-bond acceptors (Lipinski definition) is 5. The Kier molecular flexibility index (Phi) is 5.12. The second-order valence-corrected chi connectivity index (χ2v) is 5.74. The van der Waals surface area contributed by atoms with Crippen molar-refractivity contribution in [2.24, 2.45) is 5.92 Å². The molecule has 0 aromatic carbocycles. The lowest BCUT2D eigenvalue weighted by atomic mass is 9.95. The van der Waals surface area contributed by atoms with Crippen molar-refractivity contribution >= 4 is 28.2 Å². The van der Waals surface area contributed by atoms with Crippen molar-refractivity contribution in [3.05, 3.63) is 29.2 Å². The Morgan fingerprint density at radius 1 is 1.52 bits per heavy atom. The van der Waals surface area contributed by atoms with Gasteiger partial charge in [-0.1, -0.05) is 12.2 Å². The van der Waals surface area contributed by atoms with Gasteiger partial charge >= 0.3 is 5.97 Å². The van der Waals surface area contributed by atoms with Crippen LogP contribution >= 0.6 is 11.3 Å². The van der Waals surface area contributed by atoms with E-state index in [1.807, 2.05) is 18.2 Å². The van der Waals surface area contributed by atoms with Crippen molar-refractivity contribution in [1.82, 2.24) is 0 Å².